The van der Waals surface area contributed by atoms with Crippen molar-refractivity contribution in [2.45, 2.75) is 71.1 Å². The molecule has 1 aliphatic heterocycles. The molecule has 0 bridgehead atoms. The first-order valence-electron chi connectivity index (χ1n) is 8.74. The van der Waals surface area contributed by atoms with Gasteiger partial charge in [0.25, 0.3) is 0 Å². The summed E-state index contributed by atoms with van der Waals surface area (Å²) in [6, 6.07) is -0.849. The molecule has 7 nitrogen and oxygen atoms in total. The lowest BCUT2D eigenvalue weighted by molar-refractivity contribution is -0.135. The number of esters is 1. The molecule has 1 rings (SSSR count). The molecule has 1 fully saturated rings. The van der Waals surface area contributed by atoms with Crippen molar-refractivity contribution in [1.29, 1.82) is 0 Å². The van der Waals surface area contributed by atoms with E-state index in [0.29, 0.717) is 19.4 Å². The predicted molar refractivity (Wildman–Crippen MR) is 94.0 cm³/mol. The molecule has 1 aliphatic rings. The summed E-state index contributed by atoms with van der Waals surface area (Å²) in [7, 11) is 1.30. The smallest absolute Gasteiger partial charge is 0.410 e. The lowest BCUT2D eigenvalue weighted by atomic mass is 10.0. The first kappa shape index (κ1) is 21.0. The largest absolute Gasteiger partial charge is 0.466 e. The van der Waals surface area contributed by atoms with E-state index in [2.05, 4.69) is 10.1 Å². The summed E-state index contributed by atoms with van der Waals surface area (Å²) in [4.78, 5) is 37.7. The molecular weight excluding hydrogens is 324 g/mol. The van der Waals surface area contributed by atoms with E-state index in [9.17, 15) is 14.4 Å². The van der Waals surface area contributed by atoms with Crippen LogP contribution in [0.5, 0.6) is 0 Å². The molecule has 0 spiro atoms. The van der Waals surface area contributed by atoms with Crippen LogP contribution in [-0.4, -0.2) is 54.2 Å². The maximum Gasteiger partial charge on any atom is 0.410 e. The zero-order valence-corrected chi connectivity index (χ0v) is 15.8. The third-order valence-corrected chi connectivity index (χ3v) is 3.87. The molecule has 2 amide bonds. The van der Waals surface area contributed by atoms with Crippen molar-refractivity contribution >= 4 is 18.0 Å². The van der Waals surface area contributed by atoms with E-state index >= 15 is 0 Å². The molecule has 0 unspecified atom stereocenters. The van der Waals surface area contributed by atoms with E-state index in [1.807, 2.05) is 6.92 Å². The third-order valence-electron chi connectivity index (χ3n) is 3.87. The van der Waals surface area contributed by atoms with Crippen LogP contribution in [0.4, 0.5) is 4.79 Å². The zero-order valence-electron chi connectivity index (χ0n) is 15.8. The van der Waals surface area contributed by atoms with Crippen LogP contribution in [-0.2, 0) is 19.1 Å². The fourth-order valence-electron chi connectivity index (χ4n) is 2.57. The highest BCUT2D eigenvalue weighted by Gasteiger charge is 2.35. The van der Waals surface area contributed by atoms with Crippen molar-refractivity contribution in [3.8, 4) is 0 Å². The molecule has 0 saturated carbocycles. The number of hydrogen-bond acceptors (Lipinski definition) is 5. The molecule has 1 heterocycles. The lowest BCUT2D eigenvalue weighted by Gasteiger charge is -2.36. The van der Waals surface area contributed by atoms with Gasteiger partial charge in [0.2, 0.25) is 5.91 Å². The fraction of sp³-hybridized carbons (Fsp3) is 0.722. The average Bonchev–Trinajstić information content (AvgIpc) is 2.56. The van der Waals surface area contributed by atoms with Gasteiger partial charge in [-0.05, 0) is 46.5 Å². The number of piperidine rings is 1. The Morgan fingerprint density at radius 2 is 1.96 bits per heavy atom. The van der Waals surface area contributed by atoms with Crippen LogP contribution in [0.25, 0.3) is 0 Å². The fourth-order valence-corrected chi connectivity index (χ4v) is 2.57. The number of nitrogens with zero attached hydrogens (tertiary/aromatic N) is 1. The maximum atomic E-state index is 12.7. The van der Waals surface area contributed by atoms with Crippen LogP contribution in [0.3, 0.4) is 0 Å². The molecule has 0 aromatic carbocycles. The van der Waals surface area contributed by atoms with Crippen LogP contribution in [0.1, 0.15) is 53.4 Å². The summed E-state index contributed by atoms with van der Waals surface area (Å²) in [5, 5.41) is 2.88. The standard InChI is InChI=1S/C18H30N2O5/c1-6-13(10-11-15(21)24-5)19-16(22)14-9-7-8-12-20(14)17(23)25-18(2,3)4/h10-11,13-14H,6-9,12H2,1-5H3,(H,19,22)/b11-10+/t13-,14-/m0/s1. The number of carbonyl (C=O) groups is 3. The molecule has 7 heteroatoms. The summed E-state index contributed by atoms with van der Waals surface area (Å²) in [5.41, 5.74) is -0.606. The van der Waals surface area contributed by atoms with Gasteiger partial charge in [-0.2, -0.15) is 0 Å². The van der Waals surface area contributed by atoms with Crippen molar-refractivity contribution in [2.24, 2.45) is 0 Å². The molecular formula is C18H30N2O5. The second kappa shape index (κ2) is 9.44. The van der Waals surface area contributed by atoms with Crippen LogP contribution >= 0.6 is 0 Å². The first-order chi connectivity index (χ1) is 11.7. The summed E-state index contributed by atoms with van der Waals surface area (Å²) in [6.07, 6.45) is 5.38. The molecule has 1 saturated heterocycles. The minimum Gasteiger partial charge on any atom is -0.466 e. The number of ether oxygens (including phenoxy) is 2. The van der Waals surface area contributed by atoms with Gasteiger partial charge >= 0.3 is 12.1 Å². The SMILES string of the molecule is CC[C@@H](/C=C/C(=O)OC)NC(=O)[C@@H]1CCCCN1C(=O)OC(C)(C)C. The van der Waals surface area contributed by atoms with Crippen LogP contribution in [0.2, 0.25) is 0 Å². The molecule has 0 aromatic heterocycles. The minimum atomic E-state index is -0.606. The predicted octanol–water partition coefficient (Wildman–Crippen LogP) is 2.40. The van der Waals surface area contributed by atoms with Crippen molar-refractivity contribution in [2.75, 3.05) is 13.7 Å². The van der Waals surface area contributed by atoms with Gasteiger partial charge in [0.1, 0.15) is 11.6 Å². The van der Waals surface area contributed by atoms with Gasteiger partial charge in [0.05, 0.1) is 7.11 Å². The van der Waals surface area contributed by atoms with E-state index in [4.69, 9.17) is 4.74 Å². The lowest BCUT2D eigenvalue weighted by Crippen LogP contribution is -2.54. The summed E-state index contributed by atoms with van der Waals surface area (Å²) in [6.45, 7) is 7.80. The molecule has 0 radical (unpaired) electrons. The number of nitrogens with one attached hydrogen (secondary N) is 1. The molecule has 0 aliphatic carbocycles. The number of methoxy groups -OCH3 is 1. The van der Waals surface area contributed by atoms with Gasteiger partial charge in [-0.25, -0.2) is 9.59 Å². The number of amides is 2. The van der Waals surface area contributed by atoms with E-state index in [1.165, 1.54) is 18.1 Å². The highest BCUT2D eigenvalue weighted by atomic mass is 16.6. The minimum absolute atomic E-state index is 0.230. The Morgan fingerprint density at radius 1 is 1.28 bits per heavy atom. The van der Waals surface area contributed by atoms with Gasteiger partial charge in [0, 0.05) is 18.7 Å². The van der Waals surface area contributed by atoms with Crippen molar-refractivity contribution in [3.63, 3.8) is 0 Å². The highest BCUT2D eigenvalue weighted by Crippen LogP contribution is 2.21. The Kier molecular flexibility index (Phi) is 7.93. The summed E-state index contributed by atoms with van der Waals surface area (Å²) in [5.74, 6) is -0.701. The number of carbonyl (C=O) groups excluding carboxylic acids is 3. The molecule has 25 heavy (non-hydrogen) atoms. The van der Waals surface area contributed by atoms with Crippen molar-refractivity contribution in [1.82, 2.24) is 10.2 Å². The molecule has 2 atom stereocenters. The second-order valence-corrected chi connectivity index (χ2v) is 7.09. The average molecular weight is 354 g/mol. The molecule has 142 valence electrons. The normalized spacial score (nSPS) is 19.4. The van der Waals surface area contributed by atoms with Gasteiger partial charge in [-0.1, -0.05) is 13.0 Å². The van der Waals surface area contributed by atoms with E-state index < -0.39 is 23.7 Å². The van der Waals surface area contributed by atoms with Gasteiger partial charge < -0.3 is 14.8 Å². The zero-order chi connectivity index (χ0) is 19.0. The Morgan fingerprint density at radius 3 is 2.52 bits per heavy atom. The number of hydrogen-bond donors (Lipinski definition) is 1. The Bertz CT molecular complexity index is 510. The van der Waals surface area contributed by atoms with Crippen molar-refractivity contribution < 1.29 is 23.9 Å². The monoisotopic (exact) mass is 354 g/mol. The Labute approximate surface area is 149 Å². The quantitative estimate of drug-likeness (QED) is 0.605. The van der Waals surface area contributed by atoms with E-state index in [1.54, 1.807) is 26.8 Å². The first-order valence-corrected chi connectivity index (χ1v) is 8.74. The topological polar surface area (TPSA) is 84.9 Å². The van der Waals surface area contributed by atoms with E-state index in [0.717, 1.165) is 12.8 Å². The van der Waals surface area contributed by atoms with Crippen LogP contribution in [0.15, 0.2) is 12.2 Å². The van der Waals surface area contributed by atoms with Crippen LogP contribution in [0, 0.1) is 0 Å². The van der Waals surface area contributed by atoms with Crippen LogP contribution < -0.4 is 5.32 Å². The van der Waals surface area contributed by atoms with Crippen molar-refractivity contribution in [3.05, 3.63) is 12.2 Å². The van der Waals surface area contributed by atoms with E-state index in [-0.39, 0.29) is 11.9 Å². The van der Waals surface area contributed by atoms with Gasteiger partial charge in [-0.15, -0.1) is 0 Å². The summed E-state index contributed by atoms with van der Waals surface area (Å²) < 4.78 is 9.97. The van der Waals surface area contributed by atoms with Gasteiger partial charge in [0.15, 0.2) is 0 Å². The highest BCUT2D eigenvalue weighted by molar-refractivity contribution is 5.86. The molecule has 1 N–H and O–H groups in total. The van der Waals surface area contributed by atoms with Gasteiger partial charge in [-0.3, -0.25) is 9.69 Å². The molecule has 0 aromatic rings. The summed E-state index contributed by atoms with van der Waals surface area (Å²) >= 11 is 0. The maximum absolute atomic E-state index is 12.7. The second-order valence-electron chi connectivity index (χ2n) is 7.09. The number of rotatable bonds is 5. The number of likely N-dealkylation sites (tertiary alicyclic amines) is 1. The Hall–Kier alpha value is -2.05. The Balaban J connectivity index is 2.76. The third kappa shape index (κ3) is 7.15.